The molecule has 0 fully saturated rings. The molecule has 0 amide bonds. The number of nitrogens with one attached hydrogen (secondary N) is 1. The van der Waals surface area contributed by atoms with Gasteiger partial charge in [0.2, 0.25) is 0 Å². The van der Waals surface area contributed by atoms with Crippen LogP contribution in [0.4, 0.5) is 0 Å². The number of benzene rings is 1. The topological polar surface area (TPSA) is 61.7 Å². The van der Waals surface area contributed by atoms with Gasteiger partial charge in [-0.2, -0.15) is 0 Å². The Morgan fingerprint density at radius 2 is 2.11 bits per heavy atom. The Morgan fingerprint density at radius 1 is 1.39 bits per heavy atom. The third-order valence-electron chi connectivity index (χ3n) is 2.97. The average molecular weight is 253 g/mol. The van der Waals surface area contributed by atoms with Crippen molar-refractivity contribution in [3.05, 3.63) is 29.3 Å². The van der Waals surface area contributed by atoms with Gasteiger partial charge >= 0.3 is 0 Å². The molecule has 0 saturated heterocycles. The van der Waals surface area contributed by atoms with E-state index in [9.17, 15) is 5.11 Å². The van der Waals surface area contributed by atoms with E-state index >= 15 is 0 Å². The van der Waals surface area contributed by atoms with Crippen molar-refractivity contribution in [3.8, 4) is 5.75 Å². The molecule has 1 rings (SSSR count). The molecule has 3 N–H and O–H groups in total. The molecule has 2 atom stereocenters. The maximum Gasteiger partial charge on any atom is 0.124 e. The normalized spacial score (nSPS) is 14.3. The Labute approximate surface area is 109 Å². The molecule has 1 aromatic rings. The van der Waals surface area contributed by atoms with Crippen molar-refractivity contribution < 1.29 is 14.9 Å². The summed E-state index contributed by atoms with van der Waals surface area (Å²) < 4.78 is 5.25. The lowest BCUT2D eigenvalue weighted by atomic mass is 10.0. The van der Waals surface area contributed by atoms with Crippen LogP contribution >= 0.6 is 0 Å². The largest absolute Gasteiger partial charge is 0.496 e. The number of aryl methyl sites for hydroxylation is 1. The zero-order valence-corrected chi connectivity index (χ0v) is 11.3. The molecule has 0 spiro atoms. The van der Waals surface area contributed by atoms with E-state index < -0.39 is 6.10 Å². The fourth-order valence-corrected chi connectivity index (χ4v) is 1.83. The molecule has 4 heteroatoms. The Kier molecular flexibility index (Phi) is 6.12. The van der Waals surface area contributed by atoms with E-state index in [2.05, 4.69) is 5.32 Å². The summed E-state index contributed by atoms with van der Waals surface area (Å²) in [5.74, 6) is 0.699. The van der Waals surface area contributed by atoms with Crippen LogP contribution in [0.1, 0.15) is 30.6 Å². The zero-order valence-electron chi connectivity index (χ0n) is 11.3. The molecule has 0 aliphatic rings. The van der Waals surface area contributed by atoms with Crippen molar-refractivity contribution in [2.75, 3.05) is 20.3 Å². The van der Waals surface area contributed by atoms with Crippen molar-refractivity contribution in [1.29, 1.82) is 0 Å². The first-order valence-corrected chi connectivity index (χ1v) is 6.25. The van der Waals surface area contributed by atoms with Gasteiger partial charge in [0.1, 0.15) is 5.75 Å². The molecule has 0 heterocycles. The van der Waals surface area contributed by atoms with Crippen molar-refractivity contribution in [2.45, 2.75) is 32.4 Å². The van der Waals surface area contributed by atoms with Crippen LogP contribution in [-0.2, 0) is 0 Å². The van der Waals surface area contributed by atoms with Crippen LogP contribution in [0.5, 0.6) is 5.75 Å². The van der Waals surface area contributed by atoms with E-state index in [1.165, 1.54) is 0 Å². The molecule has 0 aromatic heterocycles. The molecule has 18 heavy (non-hydrogen) atoms. The molecule has 0 bridgehead atoms. The summed E-state index contributed by atoms with van der Waals surface area (Å²) in [6, 6.07) is 5.93. The Morgan fingerprint density at radius 3 is 2.72 bits per heavy atom. The maximum atomic E-state index is 10.2. The molecule has 0 aliphatic carbocycles. The molecule has 102 valence electrons. The lowest BCUT2D eigenvalue weighted by Crippen LogP contribution is -2.31. The summed E-state index contributed by atoms with van der Waals surface area (Å²) in [5.41, 5.74) is 1.88. The summed E-state index contributed by atoms with van der Waals surface area (Å²) in [7, 11) is 1.60. The summed E-state index contributed by atoms with van der Waals surface area (Å²) in [5, 5.41) is 22.2. The first kappa shape index (κ1) is 15.0. The second-order valence-corrected chi connectivity index (χ2v) is 4.58. The van der Waals surface area contributed by atoms with E-state index in [-0.39, 0.29) is 12.6 Å². The van der Waals surface area contributed by atoms with Crippen LogP contribution in [0.25, 0.3) is 0 Å². The van der Waals surface area contributed by atoms with E-state index in [0.29, 0.717) is 18.7 Å². The number of aliphatic hydroxyl groups is 2. The number of hydrogen-bond acceptors (Lipinski definition) is 4. The van der Waals surface area contributed by atoms with Gasteiger partial charge in [-0.25, -0.2) is 0 Å². The van der Waals surface area contributed by atoms with Gasteiger partial charge in [0.15, 0.2) is 0 Å². The standard InChI is InChI=1S/C14H23NO3/c1-10-4-5-14(18-3)12(8-10)13(17)9-15-11(2)6-7-16/h4-5,8,11,13,15-17H,6-7,9H2,1-3H3. The van der Waals surface area contributed by atoms with Gasteiger partial charge < -0.3 is 20.3 Å². The van der Waals surface area contributed by atoms with Crippen LogP contribution in [0.3, 0.4) is 0 Å². The maximum absolute atomic E-state index is 10.2. The van der Waals surface area contributed by atoms with Gasteiger partial charge in [-0.1, -0.05) is 11.6 Å². The summed E-state index contributed by atoms with van der Waals surface area (Å²) in [6.45, 7) is 4.56. The van der Waals surface area contributed by atoms with E-state index in [1.807, 2.05) is 32.0 Å². The van der Waals surface area contributed by atoms with Crippen LogP contribution in [-0.4, -0.2) is 36.5 Å². The number of hydrogen-bond donors (Lipinski definition) is 3. The Balaban J connectivity index is 2.65. The summed E-state index contributed by atoms with van der Waals surface area (Å²) in [4.78, 5) is 0. The van der Waals surface area contributed by atoms with Gasteiger partial charge in [0.05, 0.1) is 13.2 Å². The number of rotatable bonds is 7. The van der Waals surface area contributed by atoms with Crippen LogP contribution in [0.2, 0.25) is 0 Å². The minimum Gasteiger partial charge on any atom is -0.496 e. The minimum absolute atomic E-state index is 0.151. The smallest absolute Gasteiger partial charge is 0.124 e. The molecule has 2 unspecified atom stereocenters. The van der Waals surface area contributed by atoms with Crippen LogP contribution in [0.15, 0.2) is 18.2 Å². The second-order valence-electron chi connectivity index (χ2n) is 4.58. The third-order valence-corrected chi connectivity index (χ3v) is 2.97. The average Bonchev–Trinajstić information content (AvgIpc) is 2.36. The Bertz CT molecular complexity index is 368. The first-order valence-electron chi connectivity index (χ1n) is 6.25. The predicted octanol–water partition coefficient (Wildman–Crippen LogP) is 1.40. The van der Waals surface area contributed by atoms with Gasteiger partial charge in [0.25, 0.3) is 0 Å². The van der Waals surface area contributed by atoms with Gasteiger partial charge in [-0.15, -0.1) is 0 Å². The van der Waals surface area contributed by atoms with E-state index in [1.54, 1.807) is 7.11 Å². The molecule has 1 aromatic carbocycles. The van der Waals surface area contributed by atoms with Crippen LogP contribution in [0, 0.1) is 6.92 Å². The highest BCUT2D eigenvalue weighted by Gasteiger charge is 2.14. The van der Waals surface area contributed by atoms with Crippen molar-refractivity contribution in [2.24, 2.45) is 0 Å². The van der Waals surface area contributed by atoms with E-state index in [4.69, 9.17) is 9.84 Å². The third kappa shape index (κ3) is 4.29. The van der Waals surface area contributed by atoms with Gasteiger partial charge in [-0.05, 0) is 32.4 Å². The monoisotopic (exact) mass is 253 g/mol. The predicted molar refractivity (Wildman–Crippen MR) is 71.9 cm³/mol. The molecule has 0 radical (unpaired) electrons. The summed E-state index contributed by atoms with van der Waals surface area (Å²) >= 11 is 0. The van der Waals surface area contributed by atoms with Crippen molar-refractivity contribution in [3.63, 3.8) is 0 Å². The van der Waals surface area contributed by atoms with E-state index in [0.717, 1.165) is 11.1 Å². The van der Waals surface area contributed by atoms with Crippen LogP contribution < -0.4 is 10.1 Å². The lowest BCUT2D eigenvalue weighted by molar-refractivity contribution is 0.163. The highest BCUT2D eigenvalue weighted by atomic mass is 16.5. The quantitative estimate of drug-likeness (QED) is 0.687. The molecular weight excluding hydrogens is 230 g/mol. The fraction of sp³-hybridized carbons (Fsp3) is 0.571. The second kappa shape index (κ2) is 7.36. The highest BCUT2D eigenvalue weighted by molar-refractivity contribution is 5.38. The fourth-order valence-electron chi connectivity index (χ4n) is 1.83. The molecule has 0 saturated carbocycles. The highest BCUT2D eigenvalue weighted by Crippen LogP contribution is 2.25. The van der Waals surface area contributed by atoms with Crippen molar-refractivity contribution in [1.82, 2.24) is 5.32 Å². The Hall–Kier alpha value is -1.10. The van der Waals surface area contributed by atoms with Gasteiger partial charge in [-0.3, -0.25) is 0 Å². The molecule has 0 aliphatic heterocycles. The summed E-state index contributed by atoms with van der Waals surface area (Å²) in [6.07, 6.45) is 0.0681. The number of methoxy groups -OCH3 is 1. The SMILES string of the molecule is COc1ccc(C)cc1C(O)CNC(C)CCO. The van der Waals surface area contributed by atoms with Crippen molar-refractivity contribution >= 4 is 0 Å². The number of ether oxygens (including phenoxy) is 1. The molecule has 4 nitrogen and oxygen atoms in total. The minimum atomic E-state index is -0.610. The number of aliphatic hydroxyl groups excluding tert-OH is 2. The zero-order chi connectivity index (χ0) is 13.5. The molecular formula is C14H23NO3. The first-order chi connectivity index (χ1) is 8.58. The van der Waals surface area contributed by atoms with Gasteiger partial charge in [0, 0.05) is 24.8 Å². The lowest BCUT2D eigenvalue weighted by Gasteiger charge is -2.19.